The van der Waals surface area contributed by atoms with Gasteiger partial charge in [0, 0.05) is 10.2 Å². The summed E-state index contributed by atoms with van der Waals surface area (Å²) in [6.45, 7) is 3.94. The molecule has 2 N–H and O–H groups in total. The summed E-state index contributed by atoms with van der Waals surface area (Å²) in [7, 11) is -3.23. The second-order valence-electron chi connectivity index (χ2n) is 5.42. The molecule has 0 aromatic heterocycles. The van der Waals surface area contributed by atoms with E-state index in [1.807, 2.05) is 32.0 Å². The maximum Gasteiger partial charge on any atom is 0.158 e. The number of nitrogen functional groups attached to an aromatic ring is 1. The molecule has 5 heteroatoms. The Bertz CT molecular complexity index is 670. The Labute approximate surface area is 134 Å². The van der Waals surface area contributed by atoms with Gasteiger partial charge in [-0.3, -0.25) is 0 Å². The molecule has 0 spiro atoms. The van der Waals surface area contributed by atoms with Crippen molar-refractivity contribution in [1.82, 2.24) is 0 Å². The summed E-state index contributed by atoms with van der Waals surface area (Å²) < 4.78 is 25.5. The van der Waals surface area contributed by atoms with Crippen molar-refractivity contribution in [2.45, 2.75) is 25.4 Å². The van der Waals surface area contributed by atoms with Gasteiger partial charge in [-0.15, -0.1) is 0 Å². The summed E-state index contributed by atoms with van der Waals surface area (Å²) in [4.78, 5) is 0. The lowest BCUT2D eigenvalue weighted by Gasteiger charge is -2.08. The van der Waals surface area contributed by atoms with Crippen LogP contribution in [0.2, 0.25) is 0 Å². The molecular weight excluding hydrogens is 350 g/mol. The molecule has 21 heavy (non-hydrogen) atoms. The predicted octanol–water partition coefficient (Wildman–Crippen LogP) is 3.76. The summed E-state index contributed by atoms with van der Waals surface area (Å²) in [6, 6.07) is 11.1. The molecule has 2 aromatic rings. The Hall–Kier alpha value is -1.33. The second kappa shape index (κ2) is 6.20. The average Bonchev–Trinajstić information content (AvgIpc) is 2.23. The van der Waals surface area contributed by atoms with E-state index in [2.05, 4.69) is 15.9 Å². The molecule has 0 unspecified atom stereocenters. The van der Waals surface area contributed by atoms with Gasteiger partial charge in [0.1, 0.15) is 0 Å². The third kappa shape index (κ3) is 4.86. The van der Waals surface area contributed by atoms with Gasteiger partial charge in [0.15, 0.2) is 9.84 Å². The van der Waals surface area contributed by atoms with Crippen LogP contribution in [0.4, 0.5) is 5.69 Å². The fourth-order valence-electron chi connectivity index (χ4n) is 2.47. The first-order chi connectivity index (χ1) is 9.73. The number of sulfone groups is 1. The SMILES string of the molecule is Cc1cc(C)cc(CS(=O)(=O)Cc2cc(N)cc(Br)c2)c1. The lowest BCUT2D eigenvalue weighted by Crippen LogP contribution is -2.08. The van der Waals surface area contributed by atoms with Crippen LogP contribution in [-0.2, 0) is 21.3 Å². The van der Waals surface area contributed by atoms with E-state index in [9.17, 15) is 8.42 Å². The maximum absolute atomic E-state index is 12.4. The van der Waals surface area contributed by atoms with Gasteiger partial charge in [-0.2, -0.15) is 0 Å². The van der Waals surface area contributed by atoms with Crippen molar-refractivity contribution >= 4 is 31.5 Å². The van der Waals surface area contributed by atoms with Crippen LogP contribution >= 0.6 is 15.9 Å². The highest BCUT2D eigenvalue weighted by Crippen LogP contribution is 2.21. The van der Waals surface area contributed by atoms with Crippen molar-refractivity contribution in [3.63, 3.8) is 0 Å². The van der Waals surface area contributed by atoms with Crippen LogP contribution in [0.25, 0.3) is 0 Å². The number of benzene rings is 2. The Balaban J connectivity index is 2.22. The lowest BCUT2D eigenvalue weighted by atomic mass is 10.1. The van der Waals surface area contributed by atoms with Gasteiger partial charge in [0.05, 0.1) is 11.5 Å². The van der Waals surface area contributed by atoms with Crippen LogP contribution < -0.4 is 5.73 Å². The number of hydrogen-bond acceptors (Lipinski definition) is 3. The summed E-state index contributed by atoms with van der Waals surface area (Å²) in [5, 5.41) is 0. The molecule has 0 saturated carbocycles. The Morgan fingerprint density at radius 1 is 0.905 bits per heavy atom. The molecule has 0 atom stereocenters. The van der Waals surface area contributed by atoms with Crippen molar-refractivity contribution in [2.24, 2.45) is 0 Å². The zero-order valence-electron chi connectivity index (χ0n) is 12.1. The van der Waals surface area contributed by atoms with Crippen LogP contribution in [0.15, 0.2) is 40.9 Å². The molecule has 0 aliphatic heterocycles. The molecule has 0 bridgehead atoms. The Kier molecular flexibility index (Phi) is 4.74. The van der Waals surface area contributed by atoms with E-state index in [4.69, 9.17) is 5.73 Å². The smallest absolute Gasteiger partial charge is 0.158 e. The molecule has 0 aliphatic carbocycles. The molecule has 0 radical (unpaired) electrons. The summed E-state index contributed by atoms with van der Waals surface area (Å²) in [5.41, 5.74) is 9.98. The van der Waals surface area contributed by atoms with E-state index in [0.29, 0.717) is 11.3 Å². The highest BCUT2D eigenvalue weighted by atomic mass is 79.9. The molecule has 0 aliphatic rings. The van der Waals surface area contributed by atoms with Crippen molar-refractivity contribution in [1.29, 1.82) is 0 Å². The van der Waals surface area contributed by atoms with Gasteiger partial charge in [0.2, 0.25) is 0 Å². The summed E-state index contributed by atoms with van der Waals surface area (Å²) >= 11 is 3.33. The zero-order valence-corrected chi connectivity index (χ0v) is 14.5. The third-order valence-corrected chi connectivity index (χ3v) is 5.04. The lowest BCUT2D eigenvalue weighted by molar-refractivity contribution is 0.594. The molecule has 0 saturated heterocycles. The van der Waals surface area contributed by atoms with Gasteiger partial charge in [0.25, 0.3) is 0 Å². The van der Waals surface area contributed by atoms with E-state index in [1.165, 1.54) is 0 Å². The van der Waals surface area contributed by atoms with Crippen LogP contribution in [-0.4, -0.2) is 8.42 Å². The minimum absolute atomic E-state index is 0.0103. The van der Waals surface area contributed by atoms with Gasteiger partial charge in [-0.05, 0) is 43.2 Å². The highest BCUT2D eigenvalue weighted by molar-refractivity contribution is 9.10. The van der Waals surface area contributed by atoms with Crippen molar-refractivity contribution in [3.05, 3.63) is 63.1 Å². The third-order valence-electron chi connectivity index (χ3n) is 3.03. The number of aryl methyl sites for hydroxylation is 2. The maximum atomic E-state index is 12.4. The van der Waals surface area contributed by atoms with Crippen LogP contribution in [0.1, 0.15) is 22.3 Å². The van der Waals surface area contributed by atoms with E-state index >= 15 is 0 Å². The van der Waals surface area contributed by atoms with E-state index < -0.39 is 9.84 Å². The Morgan fingerprint density at radius 3 is 1.95 bits per heavy atom. The van der Waals surface area contributed by atoms with Crippen molar-refractivity contribution in [2.75, 3.05) is 5.73 Å². The minimum atomic E-state index is -3.23. The topological polar surface area (TPSA) is 60.2 Å². The quantitative estimate of drug-likeness (QED) is 0.836. The van der Waals surface area contributed by atoms with Crippen LogP contribution in [0, 0.1) is 13.8 Å². The number of rotatable bonds is 4. The second-order valence-corrected chi connectivity index (χ2v) is 8.40. The standard InChI is InChI=1S/C16H18BrNO2S/c1-11-3-12(2)5-13(4-11)9-21(19,20)10-14-6-15(17)8-16(18)7-14/h3-8H,9-10,18H2,1-2H3. The fourth-order valence-corrected chi connectivity index (χ4v) is 4.48. The van der Waals surface area contributed by atoms with E-state index in [0.717, 1.165) is 21.2 Å². The van der Waals surface area contributed by atoms with Crippen molar-refractivity contribution in [3.8, 4) is 0 Å². The monoisotopic (exact) mass is 367 g/mol. The highest BCUT2D eigenvalue weighted by Gasteiger charge is 2.14. The van der Waals surface area contributed by atoms with Gasteiger partial charge < -0.3 is 5.73 Å². The number of halogens is 1. The molecule has 112 valence electrons. The van der Waals surface area contributed by atoms with E-state index in [1.54, 1.807) is 18.2 Å². The number of nitrogens with two attached hydrogens (primary N) is 1. The molecule has 0 heterocycles. The molecule has 0 fully saturated rings. The Morgan fingerprint density at radius 2 is 1.43 bits per heavy atom. The molecule has 2 rings (SSSR count). The number of anilines is 1. The summed E-state index contributed by atoms with van der Waals surface area (Å²) in [5.74, 6) is 0.0333. The van der Waals surface area contributed by atoms with Gasteiger partial charge in [-0.25, -0.2) is 8.42 Å². The molecular formula is C16H18BrNO2S. The molecule has 0 amide bonds. The van der Waals surface area contributed by atoms with E-state index in [-0.39, 0.29) is 11.5 Å². The van der Waals surface area contributed by atoms with Crippen molar-refractivity contribution < 1.29 is 8.42 Å². The zero-order chi connectivity index (χ0) is 15.6. The van der Waals surface area contributed by atoms with Crippen LogP contribution in [0.5, 0.6) is 0 Å². The molecule has 3 nitrogen and oxygen atoms in total. The van der Waals surface area contributed by atoms with Gasteiger partial charge >= 0.3 is 0 Å². The predicted molar refractivity (Wildman–Crippen MR) is 90.8 cm³/mol. The first-order valence-electron chi connectivity index (χ1n) is 6.56. The normalized spacial score (nSPS) is 11.6. The molecule has 2 aromatic carbocycles. The first kappa shape index (κ1) is 16.0. The fraction of sp³-hybridized carbons (Fsp3) is 0.250. The van der Waals surface area contributed by atoms with Gasteiger partial charge in [-0.1, -0.05) is 45.3 Å². The largest absolute Gasteiger partial charge is 0.399 e. The summed E-state index contributed by atoms with van der Waals surface area (Å²) in [6.07, 6.45) is 0. The first-order valence-corrected chi connectivity index (χ1v) is 9.17. The average molecular weight is 368 g/mol. The number of hydrogen-bond donors (Lipinski definition) is 1. The van der Waals surface area contributed by atoms with Crippen LogP contribution in [0.3, 0.4) is 0 Å². The minimum Gasteiger partial charge on any atom is -0.399 e.